The second kappa shape index (κ2) is 4.72. The molecule has 0 bridgehead atoms. The molecule has 1 amide bonds. The van der Waals surface area contributed by atoms with E-state index < -0.39 is 0 Å². The lowest BCUT2D eigenvalue weighted by atomic mass is 10.1. The van der Waals surface area contributed by atoms with Crippen LogP contribution in [-0.2, 0) is 0 Å². The number of benzene rings is 1. The normalized spacial score (nSPS) is 19.7. The average molecular weight is 241 g/mol. The predicted octanol–water partition coefficient (Wildman–Crippen LogP) is 1.14. The molecule has 16 heavy (non-hydrogen) atoms. The molecule has 86 valence electrons. The molecular weight excluding hydrogens is 228 g/mol. The van der Waals surface area contributed by atoms with Crippen LogP contribution in [0.1, 0.15) is 16.8 Å². The molecule has 2 rings (SSSR count). The summed E-state index contributed by atoms with van der Waals surface area (Å²) in [6.07, 6.45) is 0.919. The second-order valence-electron chi connectivity index (χ2n) is 3.83. The molecule has 0 aromatic heterocycles. The minimum absolute atomic E-state index is 0.0408. The van der Waals surface area contributed by atoms with Crippen molar-refractivity contribution in [3.8, 4) is 5.75 Å². The van der Waals surface area contributed by atoms with Gasteiger partial charge in [0.2, 0.25) is 0 Å². The first-order valence-electron chi connectivity index (χ1n) is 5.17. The molecule has 1 aromatic carbocycles. The van der Waals surface area contributed by atoms with Gasteiger partial charge in [-0.15, -0.1) is 0 Å². The fraction of sp³-hybridized carbons (Fsp3) is 0.364. The van der Waals surface area contributed by atoms with E-state index in [0.717, 1.165) is 19.5 Å². The SMILES string of the molecule is O=C(NC1CCNC1)c1cc(O)ccc1Cl. The van der Waals surface area contributed by atoms with Gasteiger partial charge in [0.1, 0.15) is 5.75 Å². The lowest BCUT2D eigenvalue weighted by Crippen LogP contribution is -2.36. The Morgan fingerprint density at radius 1 is 1.56 bits per heavy atom. The first-order chi connectivity index (χ1) is 7.66. The van der Waals surface area contributed by atoms with Gasteiger partial charge in [0, 0.05) is 12.6 Å². The lowest BCUT2D eigenvalue weighted by Gasteiger charge is -2.12. The van der Waals surface area contributed by atoms with Crippen molar-refractivity contribution < 1.29 is 9.90 Å². The maximum Gasteiger partial charge on any atom is 0.253 e. The Bertz CT molecular complexity index is 403. The lowest BCUT2D eigenvalue weighted by molar-refractivity contribution is 0.0940. The minimum atomic E-state index is -0.241. The van der Waals surface area contributed by atoms with Gasteiger partial charge in [-0.1, -0.05) is 11.6 Å². The smallest absolute Gasteiger partial charge is 0.253 e. The molecule has 1 aliphatic rings. The molecule has 1 saturated heterocycles. The third-order valence-corrected chi connectivity index (χ3v) is 2.92. The van der Waals surface area contributed by atoms with Gasteiger partial charge in [-0.05, 0) is 31.2 Å². The number of halogens is 1. The number of rotatable bonds is 2. The molecule has 1 aromatic rings. The zero-order valence-corrected chi connectivity index (χ0v) is 9.42. The maximum atomic E-state index is 11.8. The summed E-state index contributed by atoms with van der Waals surface area (Å²) in [5.74, 6) is -0.200. The highest BCUT2D eigenvalue weighted by Gasteiger charge is 2.19. The molecular formula is C11H13ClN2O2. The molecule has 1 fully saturated rings. The Morgan fingerprint density at radius 3 is 3.06 bits per heavy atom. The minimum Gasteiger partial charge on any atom is -0.508 e. The van der Waals surface area contributed by atoms with Crippen LogP contribution in [0.2, 0.25) is 5.02 Å². The van der Waals surface area contributed by atoms with Gasteiger partial charge in [0.15, 0.2) is 0 Å². The van der Waals surface area contributed by atoms with Crippen LogP contribution in [0, 0.1) is 0 Å². The van der Waals surface area contributed by atoms with Gasteiger partial charge in [0.05, 0.1) is 10.6 Å². The van der Waals surface area contributed by atoms with Crippen molar-refractivity contribution >= 4 is 17.5 Å². The molecule has 4 nitrogen and oxygen atoms in total. The Kier molecular flexibility index (Phi) is 3.31. The predicted molar refractivity (Wildman–Crippen MR) is 61.9 cm³/mol. The highest BCUT2D eigenvalue weighted by molar-refractivity contribution is 6.33. The first kappa shape index (κ1) is 11.2. The van der Waals surface area contributed by atoms with E-state index in [4.69, 9.17) is 11.6 Å². The average Bonchev–Trinajstić information content (AvgIpc) is 2.74. The monoisotopic (exact) mass is 240 g/mol. The number of phenols is 1. The highest BCUT2D eigenvalue weighted by atomic mass is 35.5. The number of nitrogens with one attached hydrogen (secondary N) is 2. The van der Waals surface area contributed by atoms with Gasteiger partial charge in [-0.2, -0.15) is 0 Å². The number of carbonyl (C=O) groups is 1. The fourth-order valence-corrected chi connectivity index (χ4v) is 1.93. The Balaban J connectivity index is 2.10. The summed E-state index contributed by atoms with van der Waals surface area (Å²) in [7, 11) is 0. The number of amides is 1. The van der Waals surface area contributed by atoms with Crippen molar-refractivity contribution in [2.45, 2.75) is 12.5 Å². The van der Waals surface area contributed by atoms with E-state index in [2.05, 4.69) is 10.6 Å². The quantitative estimate of drug-likeness (QED) is 0.727. The Morgan fingerprint density at radius 2 is 2.38 bits per heavy atom. The molecule has 0 saturated carbocycles. The zero-order chi connectivity index (χ0) is 11.5. The van der Waals surface area contributed by atoms with Crippen LogP contribution in [0.4, 0.5) is 0 Å². The van der Waals surface area contributed by atoms with Crippen LogP contribution in [0.25, 0.3) is 0 Å². The zero-order valence-electron chi connectivity index (χ0n) is 8.66. The Hall–Kier alpha value is -1.26. The number of phenolic OH excluding ortho intramolecular Hbond substituents is 1. The Labute approximate surface area is 98.6 Å². The van der Waals surface area contributed by atoms with Crippen molar-refractivity contribution in [1.82, 2.24) is 10.6 Å². The van der Waals surface area contributed by atoms with Crippen molar-refractivity contribution in [3.05, 3.63) is 28.8 Å². The third-order valence-electron chi connectivity index (χ3n) is 2.59. The number of hydrogen-bond donors (Lipinski definition) is 3. The van der Waals surface area contributed by atoms with Crippen LogP contribution >= 0.6 is 11.6 Å². The summed E-state index contributed by atoms with van der Waals surface area (Å²) < 4.78 is 0. The molecule has 1 heterocycles. The van der Waals surface area contributed by atoms with Crippen LogP contribution in [0.3, 0.4) is 0 Å². The summed E-state index contributed by atoms with van der Waals surface area (Å²) >= 11 is 5.89. The van der Waals surface area contributed by atoms with Crippen molar-refractivity contribution in [2.75, 3.05) is 13.1 Å². The number of hydrogen-bond acceptors (Lipinski definition) is 3. The van der Waals surface area contributed by atoms with Gasteiger partial charge < -0.3 is 15.7 Å². The maximum absolute atomic E-state index is 11.8. The van der Waals surface area contributed by atoms with Crippen LogP contribution < -0.4 is 10.6 Å². The van der Waals surface area contributed by atoms with E-state index in [9.17, 15) is 9.90 Å². The summed E-state index contributed by atoms with van der Waals surface area (Å²) in [6.45, 7) is 1.70. The molecule has 1 unspecified atom stereocenters. The van der Waals surface area contributed by atoms with E-state index in [1.165, 1.54) is 18.2 Å². The topological polar surface area (TPSA) is 61.4 Å². The molecule has 5 heteroatoms. The van der Waals surface area contributed by atoms with Crippen molar-refractivity contribution in [3.63, 3.8) is 0 Å². The standard InChI is InChI=1S/C11H13ClN2O2/c12-10-2-1-8(15)5-9(10)11(16)14-7-3-4-13-6-7/h1-2,5,7,13,15H,3-4,6H2,(H,14,16). The van der Waals surface area contributed by atoms with E-state index in [0.29, 0.717) is 10.6 Å². The van der Waals surface area contributed by atoms with Gasteiger partial charge in [0.25, 0.3) is 5.91 Å². The molecule has 0 aliphatic carbocycles. The molecule has 1 aliphatic heterocycles. The molecule has 1 atom stereocenters. The number of carbonyl (C=O) groups excluding carboxylic acids is 1. The van der Waals surface area contributed by atoms with Crippen molar-refractivity contribution in [2.24, 2.45) is 0 Å². The van der Waals surface area contributed by atoms with Gasteiger partial charge in [-0.3, -0.25) is 4.79 Å². The summed E-state index contributed by atoms with van der Waals surface area (Å²) in [4.78, 5) is 11.8. The van der Waals surface area contributed by atoms with Crippen LogP contribution in [0.5, 0.6) is 5.75 Å². The second-order valence-corrected chi connectivity index (χ2v) is 4.23. The van der Waals surface area contributed by atoms with E-state index in [1.54, 1.807) is 0 Å². The largest absolute Gasteiger partial charge is 0.508 e. The first-order valence-corrected chi connectivity index (χ1v) is 5.54. The van der Waals surface area contributed by atoms with E-state index in [1.807, 2.05) is 0 Å². The highest BCUT2D eigenvalue weighted by Crippen LogP contribution is 2.21. The van der Waals surface area contributed by atoms with E-state index >= 15 is 0 Å². The van der Waals surface area contributed by atoms with Gasteiger partial charge >= 0.3 is 0 Å². The molecule has 0 spiro atoms. The number of aromatic hydroxyl groups is 1. The van der Waals surface area contributed by atoms with Crippen LogP contribution in [0.15, 0.2) is 18.2 Å². The fourth-order valence-electron chi connectivity index (χ4n) is 1.73. The molecule has 0 radical (unpaired) electrons. The van der Waals surface area contributed by atoms with Crippen molar-refractivity contribution in [1.29, 1.82) is 0 Å². The van der Waals surface area contributed by atoms with Crippen LogP contribution in [-0.4, -0.2) is 30.1 Å². The summed E-state index contributed by atoms with van der Waals surface area (Å²) in [5.41, 5.74) is 0.313. The summed E-state index contributed by atoms with van der Waals surface area (Å²) in [6, 6.07) is 4.49. The summed E-state index contributed by atoms with van der Waals surface area (Å²) in [5, 5.41) is 15.7. The van der Waals surface area contributed by atoms with E-state index in [-0.39, 0.29) is 17.7 Å². The third kappa shape index (κ3) is 2.46. The van der Waals surface area contributed by atoms with Gasteiger partial charge in [-0.25, -0.2) is 0 Å². The molecule has 3 N–H and O–H groups in total.